The first-order valence-corrected chi connectivity index (χ1v) is 8.96. The van der Waals surface area contributed by atoms with Crippen molar-refractivity contribution in [3.63, 3.8) is 0 Å². The maximum absolute atomic E-state index is 12.3. The van der Waals surface area contributed by atoms with Crippen LogP contribution in [0, 0.1) is 0 Å². The molecule has 26 heavy (non-hydrogen) atoms. The lowest BCUT2D eigenvalue weighted by atomic mass is 10.1. The van der Waals surface area contributed by atoms with Crippen molar-refractivity contribution >= 4 is 23.3 Å². The van der Waals surface area contributed by atoms with Gasteiger partial charge >= 0.3 is 0 Å². The predicted molar refractivity (Wildman–Crippen MR) is 101 cm³/mol. The molecule has 0 aromatic heterocycles. The van der Waals surface area contributed by atoms with E-state index in [1.54, 1.807) is 29.2 Å². The van der Waals surface area contributed by atoms with Gasteiger partial charge in [0.05, 0.1) is 6.54 Å². The fourth-order valence-electron chi connectivity index (χ4n) is 2.84. The van der Waals surface area contributed by atoms with Gasteiger partial charge in [-0.2, -0.15) is 0 Å². The van der Waals surface area contributed by atoms with E-state index in [9.17, 15) is 9.59 Å². The van der Waals surface area contributed by atoms with Crippen molar-refractivity contribution in [3.05, 3.63) is 65.2 Å². The summed E-state index contributed by atoms with van der Waals surface area (Å²) in [5.74, 6) is 0.722. The van der Waals surface area contributed by atoms with Crippen molar-refractivity contribution in [2.75, 3.05) is 39.3 Å². The minimum Gasteiger partial charge on any atom is -0.484 e. The first kappa shape index (κ1) is 18.4. The molecule has 0 aliphatic carbocycles. The number of halogens is 1. The van der Waals surface area contributed by atoms with E-state index in [4.69, 9.17) is 16.3 Å². The van der Waals surface area contributed by atoms with Gasteiger partial charge in [0, 0.05) is 36.8 Å². The maximum atomic E-state index is 12.3. The quantitative estimate of drug-likeness (QED) is 0.732. The molecule has 1 aliphatic rings. The van der Waals surface area contributed by atoms with E-state index in [2.05, 4.69) is 4.90 Å². The number of carbonyl (C=O) groups excluding carboxylic acids is 2. The Hall–Kier alpha value is -2.37. The number of hydrogen-bond acceptors (Lipinski definition) is 4. The highest BCUT2D eigenvalue weighted by atomic mass is 35.5. The summed E-state index contributed by atoms with van der Waals surface area (Å²) in [4.78, 5) is 28.4. The van der Waals surface area contributed by atoms with Crippen LogP contribution >= 0.6 is 11.6 Å². The number of benzene rings is 2. The van der Waals surface area contributed by atoms with Gasteiger partial charge in [0.15, 0.2) is 12.4 Å². The van der Waals surface area contributed by atoms with Gasteiger partial charge in [-0.05, 0) is 36.4 Å². The molecule has 6 heteroatoms. The van der Waals surface area contributed by atoms with Crippen molar-refractivity contribution in [3.8, 4) is 5.75 Å². The first-order valence-electron chi connectivity index (χ1n) is 8.58. The second-order valence-electron chi connectivity index (χ2n) is 6.19. The molecular weight excluding hydrogens is 352 g/mol. The topological polar surface area (TPSA) is 49.9 Å². The largest absolute Gasteiger partial charge is 0.484 e. The van der Waals surface area contributed by atoms with E-state index in [0.29, 0.717) is 49.1 Å². The van der Waals surface area contributed by atoms with Crippen LogP contribution in [0.15, 0.2) is 54.6 Å². The Bertz CT molecular complexity index is 741. The second kappa shape index (κ2) is 8.83. The highest BCUT2D eigenvalue weighted by Gasteiger charge is 2.23. The summed E-state index contributed by atoms with van der Waals surface area (Å²) in [5.41, 5.74) is 0.657. The number of carbonyl (C=O) groups is 2. The van der Waals surface area contributed by atoms with Crippen LogP contribution in [0.4, 0.5) is 0 Å². The zero-order chi connectivity index (χ0) is 18.4. The van der Waals surface area contributed by atoms with Crippen molar-refractivity contribution in [2.45, 2.75) is 0 Å². The molecule has 0 N–H and O–H groups in total. The molecule has 1 saturated heterocycles. The first-order chi connectivity index (χ1) is 12.6. The predicted octanol–water partition coefficient (Wildman–Crippen LogP) is 2.75. The third kappa shape index (κ3) is 5.07. The summed E-state index contributed by atoms with van der Waals surface area (Å²) in [6.07, 6.45) is 0. The molecule has 0 bridgehead atoms. The highest BCUT2D eigenvalue weighted by molar-refractivity contribution is 6.30. The molecule has 3 rings (SSSR count). The van der Waals surface area contributed by atoms with Crippen molar-refractivity contribution in [1.29, 1.82) is 0 Å². The zero-order valence-corrected chi connectivity index (χ0v) is 15.2. The Labute approximate surface area is 158 Å². The standard InChI is InChI=1S/C20H21ClN2O3/c21-17-8-6-16(7-9-17)19(24)14-22-10-12-23(13-11-22)20(25)15-26-18-4-2-1-3-5-18/h1-9H,10-15H2. The van der Waals surface area contributed by atoms with Crippen LogP contribution in [0.25, 0.3) is 0 Å². The fraction of sp³-hybridized carbons (Fsp3) is 0.300. The lowest BCUT2D eigenvalue weighted by molar-refractivity contribution is -0.135. The molecule has 2 aromatic rings. The summed E-state index contributed by atoms with van der Waals surface area (Å²) >= 11 is 5.85. The number of rotatable bonds is 6. The summed E-state index contributed by atoms with van der Waals surface area (Å²) in [7, 11) is 0. The summed E-state index contributed by atoms with van der Waals surface area (Å²) in [6, 6.07) is 16.2. The Morgan fingerprint density at radius 3 is 2.23 bits per heavy atom. The van der Waals surface area contributed by atoms with Gasteiger partial charge < -0.3 is 9.64 Å². The van der Waals surface area contributed by atoms with Gasteiger partial charge in [-0.25, -0.2) is 0 Å². The van der Waals surface area contributed by atoms with Crippen molar-refractivity contribution in [1.82, 2.24) is 9.80 Å². The number of ether oxygens (including phenoxy) is 1. The normalized spacial score (nSPS) is 14.9. The molecule has 0 atom stereocenters. The second-order valence-corrected chi connectivity index (χ2v) is 6.63. The van der Waals surface area contributed by atoms with E-state index in [1.165, 1.54) is 0 Å². The number of para-hydroxylation sites is 1. The van der Waals surface area contributed by atoms with E-state index in [-0.39, 0.29) is 18.3 Å². The van der Waals surface area contributed by atoms with Crippen LogP contribution in [-0.2, 0) is 4.79 Å². The Kier molecular flexibility index (Phi) is 6.26. The molecule has 0 unspecified atom stereocenters. The minimum atomic E-state index is -0.0301. The maximum Gasteiger partial charge on any atom is 0.260 e. The zero-order valence-electron chi connectivity index (χ0n) is 14.4. The van der Waals surface area contributed by atoms with Crippen LogP contribution in [0.2, 0.25) is 5.02 Å². The van der Waals surface area contributed by atoms with E-state index in [0.717, 1.165) is 0 Å². The summed E-state index contributed by atoms with van der Waals surface area (Å²) in [5, 5.41) is 0.617. The number of Topliss-reactive ketones (excluding diaryl/α,β-unsaturated/α-hetero) is 1. The molecular formula is C20H21ClN2O3. The van der Waals surface area contributed by atoms with Gasteiger partial charge in [-0.15, -0.1) is 0 Å². The van der Waals surface area contributed by atoms with Crippen molar-refractivity contribution < 1.29 is 14.3 Å². The summed E-state index contributed by atoms with van der Waals surface area (Å²) < 4.78 is 5.51. The molecule has 2 aromatic carbocycles. The van der Waals surface area contributed by atoms with Gasteiger partial charge in [0.2, 0.25) is 0 Å². The Morgan fingerprint density at radius 1 is 0.923 bits per heavy atom. The van der Waals surface area contributed by atoms with E-state index < -0.39 is 0 Å². The van der Waals surface area contributed by atoms with Crippen LogP contribution < -0.4 is 4.74 Å². The lowest BCUT2D eigenvalue weighted by Gasteiger charge is -2.34. The molecule has 136 valence electrons. The molecule has 1 amide bonds. The Morgan fingerprint density at radius 2 is 1.58 bits per heavy atom. The van der Waals surface area contributed by atoms with Crippen LogP contribution in [0.3, 0.4) is 0 Å². The third-order valence-corrected chi connectivity index (χ3v) is 4.62. The van der Waals surface area contributed by atoms with E-state index >= 15 is 0 Å². The van der Waals surface area contributed by atoms with E-state index in [1.807, 2.05) is 30.3 Å². The summed E-state index contributed by atoms with van der Waals surface area (Å²) in [6.45, 7) is 2.94. The molecule has 1 aliphatic heterocycles. The highest BCUT2D eigenvalue weighted by Crippen LogP contribution is 2.12. The monoisotopic (exact) mass is 372 g/mol. The molecule has 0 saturated carbocycles. The number of amides is 1. The van der Waals surface area contributed by atoms with Crippen LogP contribution in [-0.4, -0.2) is 60.8 Å². The van der Waals surface area contributed by atoms with Crippen LogP contribution in [0.1, 0.15) is 10.4 Å². The average Bonchev–Trinajstić information content (AvgIpc) is 2.68. The number of piperazine rings is 1. The Balaban J connectivity index is 1.42. The lowest BCUT2D eigenvalue weighted by Crippen LogP contribution is -2.51. The minimum absolute atomic E-state index is 0.0301. The van der Waals surface area contributed by atoms with Gasteiger partial charge in [0.1, 0.15) is 5.75 Å². The SMILES string of the molecule is O=C(CN1CCN(C(=O)COc2ccccc2)CC1)c1ccc(Cl)cc1. The fourth-order valence-corrected chi connectivity index (χ4v) is 2.96. The molecule has 0 spiro atoms. The number of nitrogens with zero attached hydrogens (tertiary/aromatic N) is 2. The number of hydrogen-bond donors (Lipinski definition) is 0. The van der Waals surface area contributed by atoms with Gasteiger partial charge in [-0.3, -0.25) is 14.5 Å². The molecule has 1 fully saturated rings. The van der Waals surface area contributed by atoms with Crippen molar-refractivity contribution in [2.24, 2.45) is 0 Å². The molecule has 5 nitrogen and oxygen atoms in total. The smallest absolute Gasteiger partial charge is 0.260 e. The van der Waals surface area contributed by atoms with Gasteiger partial charge in [-0.1, -0.05) is 29.8 Å². The average molecular weight is 373 g/mol. The van der Waals surface area contributed by atoms with Gasteiger partial charge in [0.25, 0.3) is 5.91 Å². The number of ketones is 1. The third-order valence-electron chi connectivity index (χ3n) is 4.36. The molecule has 1 heterocycles. The molecule has 0 radical (unpaired) electrons. The van der Waals surface area contributed by atoms with Crippen LogP contribution in [0.5, 0.6) is 5.75 Å².